The van der Waals surface area contributed by atoms with E-state index < -0.39 is 0 Å². The Morgan fingerprint density at radius 1 is 1.16 bits per heavy atom. The molecule has 4 nitrogen and oxygen atoms in total. The molecular weight excluding hydrogens is 236 g/mol. The third-order valence-electron chi connectivity index (χ3n) is 4.10. The minimum Gasteiger partial charge on any atom is -0.369 e. The van der Waals surface area contributed by atoms with Gasteiger partial charge in [0.15, 0.2) is 0 Å². The summed E-state index contributed by atoms with van der Waals surface area (Å²) in [5.41, 5.74) is 9.47. The lowest BCUT2D eigenvalue weighted by molar-refractivity contribution is 0.222. The molecule has 19 heavy (non-hydrogen) atoms. The van der Waals surface area contributed by atoms with Gasteiger partial charge in [-0.3, -0.25) is 0 Å². The SMILES string of the molecule is Cc1cccc2c1nc(N)n2CCN1CCCCC1. The van der Waals surface area contributed by atoms with Crippen molar-refractivity contribution < 1.29 is 0 Å². The summed E-state index contributed by atoms with van der Waals surface area (Å²) in [5, 5.41) is 0. The van der Waals surface area contributed by atoms with Gasteiger partial charge in [0.05, 0.1) is 11.0 Å². The fourth-order valence-electron chi connectivity index (χ4n) is 2.96. The summed E-state index contributed by atoms with van der Waals surface area (Å²) in [6.07, 6.45) is 4.05. The highest BCUT2D eigenvalue weighted by Gasteiger charge is 2.13. The fourth-order valence-corrected chi connectivity index (χ4v) is 2.96. The third kappa shape index (κ3) is 2.45. The van der Waals surface area contributed by atoms with Gasteiger partial charge in [0.25, 0.3) is 0 Å². The minimum atomic E-state index is 0.640. The number of nitrogen functional groups attached to an aromatic ring is 1. The van der Waals surface area contributed by atoms with Crippen LogP contribution < -0.4 is 5.73 Å². The molecule has 0 saturated carbocycles. The number of aromatic nitrogens is 2. The number of rotatable bonds is 3. The van der Waals surface area contributed by atoms with Crippen molar-refractivity contribution in [2.75, 3.05) is 25.4 Å². The zero-order valence-corrected chi connectivity index (χ0v) is 11.6. The lowest BCUT2D eigenvalue weighted by Crippen LogP contribution is -2.32. The van der Waals surface area contributed by atoms with Gasteiger partial charge in [-0.1, -0.05) is 18.6 Å². The van der Waals surface area contributed by atoms with Crippen molar-refractivity contribution in [3.05, 3.63) is 23.8 Å². The van der Waals surface area contributed by atoms with Crippen LogP contribution in [0.4, 0.5) is 5.95 Å². The lowest BCUT2D eigenvalue weighted by Gasteiger charge is -2.26. The van der Waals surface area contributed by atoms with Crippen molar-refractivity contribution in [1.82, 2.24) is 14.5 Å². The predicted molar refractivity (Wildman–Crippen MR) is 79.2 cm³/mol. The van der Waals surface area contributed by atoms with Gasteiger partial charge in [-0.05, 0) is 44.5 Å². The molecule has 0 bridgehead atoms. The number of nitrogens with two attached hydrogens (primary N) is 1. The number of hydrogen-bond donors (Lipinski definition) is 1. The van der Waals surface area contributed by atoms with Crippen LogP contribution in [0.1, 0.15) is 24.8 Å². The van der Waals surface area contributed by atoms with Crippen LogP contribution in [0.3, 0.4) is 0 Å². The Hall–Kier alpha value is -1.55. The molecule has 4 heteroatoms. The normalized spacial score (nSPS) is 17.1. The molecule has 1 fully saturated rings. The number of anilines is 1. The smallest absolute Gasteiger partial charge is 0.201 e. The zero-order chi connectivity index (χ0) is 13.2. The Morgan fingerprint density at radius 3 is 2.74 bits per heavy atom. The third-order valence-corrected chi connectivity index (χ3v) is 4.10. The first-order valence-electron chi connectivity index (χ1n) is 7.19. The van der Waals surface area contributed by atoms with E-state index in [-0.39, 0.29) is 0 Å². The van der Waals surface area contributed by atoms with Crippen molar-refractivity contribution in [2.24, 2.45) is 0 Å². The number of benzene rings is 1. The molecule has 2 aromatic rings. The summed E-state index contributed by atoms with van der Waals surface area (Å²) in [5.74, 6) is 0.640. The van der Waals surface area contributed by atoms with E-state index in [0.29, 0.717) is 5.95 Å². The minimum absolute atomic E-state index is 0.640. The second-order valence-electron chi connectivity index (χ2n) is 5.47. The highest BCUT2D eigenvalue weighted by atomic mass is 15.2. The van der Waals surface area contributed by atoms with Gasteiger partial charge in [-0.25, -0.2) is 4.98 Å². The summed E-state index contributed by atoms with van der Waals surface area (Å²) in [6, 6.07) is 6.28. The van der Waals surface area contributed by atoms with Crippen LogP contribution in [0.2, 0.25) is 0 Å². The van der Waals surface area contributed by atoms with Gasteiger partial charge in [0, 0.05) is 13.1 Å². The van der Waals surface area contributed by atoms with Gasteiger partial charge in [-0.2, -0.15) is 0 Å². The number of imidazole rings is 1. The maximum Gasteiger partial charge on any atom is 0.201 e. The molecule has 1 aromatic carbocycles. The topological polar surface area (TPSA) is 47.1 Å². The molecule has 0 atom stereocenters. The first-order valence-corrected chi connectivity index (χ1v) is 7.19. The molecule has 0 unspecified atom stereocenters. The summed E-state index contributed by atoms with van der Waals surface area (Å²) < 4.78 is 2.15. The van der Waals surface area contributed by atoms with Crippen LogP contribution in [0.15, 0.2) is 18.2 Å². The maximum absolute atomic E-state index is 6.07. The Balaban J connectivity index is 1.80. The second kappa shape index (κ2) is 5.21. The average molecular weight is 258 g/mol. The fraction of sp³-hybridized carbons (Fsp3) is 0.533. The molecule has 1 aromatic heterocycles. The quantitative estimate of drug-likeness (QED) is 0.919. The van der Waals surface area contributed by atoms with Crippen molar-refractivity contribution in [1.29, 1.82) is 0 Å². The zero-order valence-electron chi connectivity index (χ0n) is 11.6. The van der Waals surface area contributed by atoms with Crippen molar-refractivity contribution in [3.8, 4) is 0 Å². The van der Waals surface area contributed by atoms with E-state index in [9.17, 15) is 0 Å². The van der Waals surface area contributed by atoms with E-state index in [4.69, 9.17) is 5.73 Å². The highest BCUT2D eigenvalue weighted by molar-refractivity contribution is 5.81. The number of fused-ring (bicyclic) bond motifs is 1. The van der Waals surface area contributed by atoms with Gasteiger partial charge < -0.3 is 15.2 Å². The molecule has 0 aliphatic carbocycles. The molecule has 1 saturated heterocycles. The molecule has 0 radical (unpaired) electrons. The number of nitrogens with zero attached hydrogens (tertiary/aromatic N) is 3. The van der Waals surface area contributed by atoms with E-state index in [1.165, 1.54) is 37.9 Å². The number of hydrogen-bond acceptors (Lipinski definition) is 3. The first-order chi connectivity index (χ1) is 9.25. The van der Waals surface area contributed by atoms with Crippen LogP contribution in [0, 0.1) is 6.92 Å². The number of piperidine rings is 1. The van der Waals surface area contributed by atoms with Crippen LogP contribution in [-0.2, 0) is 6.54 Å². The van der Waals surface area contributed by atoms with Crippen molar-refractivity contribution in [3.63, 3.8) is 0 Å². The molecule has 3 rings (SSSR count). The Bertz CT molecular complexity index is 567. The predicted octanol–water partition coefficient (Wildman–Crippen LogP) is 2.41. The lowest BCUT2D eigenvalue weighted by atomic mass is 10.1. The molecule has 2 N–H and O–H groups in total. The number of likely N-dealkylation sites (tertiary alicyclic amines) is 1. The van der Waals surface area contributed by atoms with E-state index in [1.807, 2.05) is 0 Å². The van der Waals surface area contributed by atoms with Crippen molar-refractivity contribution >= 4 is 17.0 Å². The largest absolute Gasteiger partial charge is 0.369 e. The highest BCUT2D eigenvalue weighted by Crippen LogP contribution is 2.21. The van der Waals surface area contributed by atoms with Crippen molar-refractivity contribution in [2.45, 2.75) is 32.7 Å². The van der Waals surface area contributed by atoms with E-state index in [1.54, 1.807) is 0 Å². The standard InChI is InChI=1S/C15H22N4/c1-12-6-5-7-13-14(12)17-15(16)19(13)11-10-18-8-3-2-4-9-18/h5-7H,2-4,8-11H2,1H3,(H2,16,17). The van der Waals surface area contributed by atoms with Crippen LogP contribution in [0.25, 0.3) is 11.0 Å². The second-order valence-corrected chi connectivity index (χ2v) is 5.47. The van der Waals surface area contributed by atoms with Gasteiger partial charge >= 0.3 is 0 Å². The van der Waals surface area contributed by atoms with Crippen LogP contribution in [0.5, 0.6) is 0 Å². The van der Waals surface area contributed by atoms with E-state index in [0.717, 1.165) is 24.1 Å². The molecular formula is C15H22N4. The van der Waals surface area contributed by atoms with Gasteiger partial charge in [-0.15, -0.1) is 0 Å². The Kier molecular flexibility index (Phi) is 3.42. The molecule has 1 aliphatic rings. The van der Waals surface area contributed by atoms with Crippen LogP contribution in [-0.4, -0.2) is 34.1 Å². The average Bonchev–Trinajstić information content (AvgIpc) is 2.75. The summed E-state index contributed by atoms with van der Waals surface area (Å²) in [6.45, 7) is 6.55. The molecule has 2 heterocycles. The van der Waals surface area contributed by atoms with E-state index >= 15 is 0 Å². The van der Waals surface area contributed by atoms with Gasteiger partial charge in [0.2, 0.25) is 5.95 Å². The summed E-state index contributed by atoms with van der Waals surface area (Å²) >= 11 is 0. The Labute approximate surface area is 114 Å². The summed E-state index contributed by atoms with van der Waals surface area (Å²) in [7, 11) is 0. The summed E-state index contributed by atoms with van der Waals surface area (Å²) in [4.78, 5) is 7.03. The monoisotopic (exact) mass is 258 g/mol. The first kappa shape index (κ1) is 12.5. The Morgan fingerprint density at radius 2 is 1.95 bits per heavy atom. The number of aryl methyl sites for hydroxylation is 1. The number of para-hydroxylation sites is 1. The van der Waals surface area contributed by atoms with Gasteiger partial charge in [0.1, 0.15) is 0 Å². The molecule has 0 spiro atoms. The molecule has 102 valence electrons. The van der Waals surface area contributed by atoms with E-state index in [2.05, 4.69) is 39.6 Å². The molecule has 1 aliphatic heterocycles. The molecule has 0 amide bonds. The van der Waals surface area contributed by atoms with Crippen LogP contribution >= 0.6 is 0 Å². The maximum atomic E-state index is 6.07.